The van der Waals surface area contributed by atoms with Gasteiger partial charge in [0, 0.05) is 0 Å². The Morgan fingerprint density at radius 2 is 1.95 bits per heavy atom. The van der Waals surface area contributed by atoms with Crippen LogP contribution in [-0.2, 0) is 16.1 Å². The summed E-state index contributed by atoms with van der Waals surface area (Å²) in [5, 5.41) is 0. The van der Waals surface area contributed by atoms with Crippen LogP contribution < -0.4 is 10.5 Å². The van der Waals surface area contributed by atoms with Gasteiger partial charge in [0.25, 0.3) is 0 Å². The molecular formula is C14H16N2O3. The minimum Gasteiger partial charge on any atom is -0.497 e. The molecule has 19 heavy (non-hydrogen) atoms. The molecule has 2 atom stereocenters. The molecule has 1 saturated carbocycles. The number of fused-ring (bicyclic) bond motifs is 1. The molecule has 1 heterocycles. The highest BCUT2D eigenvalue weighted by atomic mass is 16.5. The zero-order valence-corrected chi connectivity index (χ0v) is 10.7. The Kier molecular flexibility index (Phi) is 2.78. The monoisotopic (exact) mass is 260 g/mol. The van der Waals surface area contributed by atoms with Crippen molar-refractivity contribution in [2.75, 3.05) is 13.7 Å². The van der Waals surface area contributed by atoms with Crippen molar-refractivity contribution in [3.05, 3.63) is 29.8 Å². The van der Waals surface area contributed by atoms with Gasteiger partial charge in [0.1, 0.15) is 5.75 Å². The van der Waals surface area contributed by atoms with Gasteiger partial charge in [-0.2, -0.15) is 0 Å². The molecule has 3 rings (SSSR count). The van der Waals surface area contributed by atoms with Gasteiger partial charge in [0.05, 0.1) is 25.5 Å². The molecule has 5 nitrogen and oxygen atoms in total. The summed E-state index contributed by atoms with van der Waals surface area (Å²) in [4.78, 5) is 25.6. The fourth-order valence-corrected chi connectivity index (χ4v) is 2.92. The molecule has 2 unspecified atom stereocenters. The molecule has 0 radical (unpaired) electrons. The van der Waals surface area contributed by atoms with Gasteiger partial charge >= 0.3 is 0 Å². The summed E-state index contributed by atoms with van der Waals surface area (Å²) >= 11 is 0. The third-order valence-corrected chi connectivity index (χ3v) is 4.02. The lowest BCUT2D eigenvalue weighted by molar-refractivity contribution is -0.142. The van der Waals surface area contributed by atoms with Crippen LogP contribution in [0, 0.1) is 17.8 Å². The van der Waals surface area contributed by atoms with Crippen LogP contribution in [0.4, 0.5) is 0 Å². The van der Waals surface area contributed by atoms with Gasteiger partial charge in [0.2, 0.25) is 11.8 Å². The van der Waals surface area contributed by atoms with Crippen LogP contribution in [0.25, 0.3) is 0 Å². The van der Waals surface area contributed by atoms with Crippen LogP contribution in [0.3, 0.4) is 0 Å². The van der Waals surface area contributed by atoms with Crippen LogP contribution in [0.1, 0.15) is 5.56 Å². The molecule has 1 aliphatic carbocycles. The second-order valence-corrected chi connectivity index (χ2v) is 5.07. The number of nitrogens with two attached hydrogens (primary N) is 1. The number of piperidine rings is 1. The van der Waals surface area contributed by atoms with Crippen LogP contribution in [0.5, 0.6) is 5.75 Å². The first-order valence-electron chi connectivity index (χ1n) is 6.35. The second kappa shape index (κ2) is 4.35. The van der Waals surface area contributed by atoms with E-state index in [1.807, 2.05) is 24.3 Å². The molecule has 1 aliphatic heterocycles. The van der Waals surface area contributed by atoms with Gasteiger partial charge in [-0.3, -0.25) is 14.5 Å². The van der Waals surface area contributed by atoms with Crippen molar-refractivity contribution < 1.29 is 14.3 Å². The minimum atomic E-state index is -0.164. The molecule has 2 aliphatic rings. The van der Waals surface area contributed by atoms with Crippen molar-refractivity contribution in [2.45, 2.75) is 6.54 Å². The lowest BCUT2D eigenvalue weighted by atomic mass is 10.2. The molecule has 100 valence electrons. The maximum Gasteiger partial charge on any atom is 0.233 e. The van der Waals surface area contributed by atoms with Gasteiger partial charge in [-0.25, -0.2) is 0 Å². The molecule has 1 aromatic rings. The van der Waals surface area contributed by atoms with E-state index >= 15 is 0 Å². The molecule has 2 fully saturated rings. The zero-order chi connectivity index (χ0) is 13.6. The van der Waals surface area contributed by atoms with Gasteiger partial charge in [-0.05, 0) is 30.2 Å². The van der Waals surface area contributed by atoms with Gasteiger partial charge in [0.15, 0.2) is 0 Å². The van der Waals surface area contributed by atoms with Crippen molar-refractivity contribution in [1.82, 2.24) is 4.90 Å². The molecular weight excluding hydrogens is 244 g/mol. The quantitative estimate of drug-likeness (QED) is 0.795. The summed E-state index contributed by atoms with van der Waals surface area (Å²) in [7, 11) is 1.59. The third-order valence-electron chi connectivity index (χ3n) is 4.02. The van der Waals surface area contributed by atoms with E-state index in [9.17, 15) is 9.59 Å². The number of hydrogen-bond acceptors (Lipinski definition) is 4. The smallest absolute Gasteiger partial charge is 0.233 e. The second-order valence-electron chi connectivity index (χ2n) is 5.07. The molecule has 1 saturated heterocycles. The molecule has 0 spiro atoms. The fraction of sp³-hybridized carbons (Fsp3) is 0.429. The van der Waals surface area contributed by atoms with E-state index in [0.29, 0.717) is 13.1 Å². The summed E-state index contributed by atoms with van der Waals surface area (Å²) in [5.41, 5.74) is 6.44. The van der Waals surface area contributed by atoms with Gasteiger partial charge in [-0.1, -0.05) is 12.1 Å². The predicted octanol–water partition coefficient (Wildman–Crippen LogP) is 0.385. The van der Waals surface area contributed by atoms with Crippen LogP contribution >= 0.6 is 0 Å². The van der Waals surface area contributed by atoms with Crippen molar-refractivity contribution in [2.24, 2.45) is 23.5 Å². The van der Waals surface area contributed by atoms with Crippen LogP contribution in [-0.4, -0.2) is 30.4 Å². The first-order chi connectivity index (χ1) is 9.17. The normalized spacial score (nSPS) is 28.5. The molecule has 1 aromatic carbocycles. The number of nitrogens with zero attached hydrogens (tertiary/aromatic N) is 1. The molecule has 0 aromatic heterocycles. The largest absolute Gasteiger partial charge is 0.497 e. The van der Waals surface area contributed by atoms with Crippen molar-refractivity contribution in [1.29, 1.82) is 0 Å². The minimum absolute atomic E-state index is 0.0709. The van der Waals surface area contributed by atoms with Gasteiger partial charge < -0.3 is 10.5 Å². The van der Waals surface area contributed by atoms with E-state index < -0.39 is 0 Å². The van der Waals surface area contributed by atoms with E-state index in [1.165, 1.54) is 4.90 Å². The number of amides is 2. The highest BCUT2D eigenvalue weighted by molar-refractivity contribution is 6.09. The number of rotatable bonds is 4. The highest BCUT2D eigenvalue weighted by Gasteiger charge is 2.66. The molecule has 2 amide bonds. The average Bonchev–Trinajstić information content (AvgIpc) is 3.12. The number of carbonyl (C=O) groups is 2. The topological polar surface area (TPSA) is 72.6 Å². The first kappa shape index (κ1) is 12.2. The number of benzene rings is 1. The Morgan fingerprint density at radius 3 is 2.53 bits per heavy atom. The first-order valence-corrected chi connectivity index (χ1v) is 6.35. The van der Waals surface area contributed by atoms with E-state index in [2.05, 4.69) is 0 Å². The van der Waals surface area contributed by atoms with Crippen LogP contribution in [0.15, 0.2) is 24.3 Å². The van der Waals surface area contributed by atoms with E-state index in [1.54, 1.807) is 7.11 Å². The van der Waals surface area contributed by atoms with E-state index in [-0.39, 0.29) is 29.6 Å². The Bertz CT molecular complexity index is 521. The molecule has 5 heteroatoms. The van der Waals surface area contributed by atoms with Crippen molar-refractivity contribution in [3.63, 3.8) is 0 Å². The summed E-state index contributed by atoms with van der Waals surface area (Å²) in [6.07, 6.45) is 0. The average molecular weight is 260 g/mol. The number of likely N-dealkylation sites (tertiary alicyclic amines) is 1. The number of ether oxygens (including phenoxy) is 1. The van der Waals surface area contributed by atoms with Crippen LogP contribution in [0.2, 0.25) is 0 Å². The standard InChI is InChI=1S/C14H16N2O3/c1-19-9-4-2-3-8(5-9)7-16-13(17)11-10(6-15)12(11)14(16)18/h2-5,10-12H,6-7,15H2,1H3. The zero-order valence-electron chi connectivity index (χ0n) is 10.7. The summed E-state index contributed by atoms with van der Waals surface area (Å²) in [6.45, 7) is 0.735. The summed E-state index contributed by atoms with van der Waals surface area (Å²) in [6, 6.07) is 7.40. The maximum absolute atomic E-state index is 12.1. The fourth-order valence-electron chi connectivity index (χ4n) is 2.92. The lowest BCUT2D eigenvalue weighted by Crippen LogP contribution is -2.35. The summed E-state index contributed by atoms with van der Waals surface area (Å²) < 4.78 is 5.13. The van der Waals surface area contributed by atoms with E-state index in [4.69, 9.17) is 10.5 Å². The summed E-state index contributed by atoms with van der Waals surface area (Å²) in [5.74, 6) is 0.316. The van der Waals surface area contributed by atoms with Crippen molar-refractivity contribution in [3.8, 4) is 5.75 Å². The van der Waals surface area contributed by atoms with E-state index in [0.717, 1.165) is 11.3 Å². The Balaban J connectivity index is 1.75. The predicted molar refractivity (Wildman–Crippen MR) is 68.1 cm³/mol. The lowest BCUT2D eigenvalue weighted by Gasteiger charge is -2.18. The SMILES string of the molecule is COc1cccc(CN2C(=O)C3C(CN)C3C2=O)c1. The highest BCUT2D eigenvalue weighted by Crippen LogP contribution is 2.52. The number of methoxy groups -OCH3 is 1. The number of carbonyl (C=O) groups excluding carboxylic acids is 2. The number of hydrogen-bond donors (Lipinski definition) is 1. The molecule has 2 N–H and O–H groups in total. The van der Waals surface area contributed by atoms with Crippen molar-refractivity contribution >= 4 is 11.8 Å². The van der Waals surface area contributed by atoms with Gasteiger partial charge in [-0.15, -0.1) is 0 Å². The Labute approximate surface area is 111 Å². The third kappa shape index (κ3) is 1.81. The maximum atomic E-state index is 12.1. The Hall–Kier alpha value is -1.88. The molecule has 0 bridgehead atoms. The number of imide groups is 1. The Morgan fingerprint density at radius 1 is 1.26 bits per heavy atom.